The highest BCUT2D eigenvalue weighted by Gasteiger charge is 2.55. The number of carbonyl (C=O) groups is 1. The van der Waals surface area contributed by atoms with Crippen molar-refractivity contribution in [2.45, 2.75) is 38.1 Å². The minimum Gasteiger partial charge on any atom is -0.291 e. The fourth-order valence-electron chi connectivity index (χ4n) is 3.72. The van der Waals surface area contributed by atoms with Crippen LogP contribution in [0.5, 0.6) is 0 Å². The summed E-state index contributed by atoms with van der Waals surface area (Å²) in [7, 11) is 0. The maximum absolute atomic E-state index is 13.3. The Kier molecular flexibility index (Phi) is 4.02. The molecule has 4 nitrogen and oxygen atoms in total. The minimum atomic E-state index is -0.868. The number of rotatable bonds is 3. The molecule has 0 aliphatic carbocycles. The van der Waals surface area contributed by atoms with Gasteiger partial charge in [0.1, 0.15) is 0 Å². The second-order valence-corrected chi connectivity index (χ2v) is 6.13. The van der Waals surface area contributed by atoms with Crippen LogP contribution < -0.4 is 0 Å². The van der Waals surface area contributed by atoms with Gasteiger partial charge in [-0.3, -0.25) is 4.79 Å². The van der Waals surface area contributed by atoms with Crippen LogP contribution in [0.4, 0.5) is 5.69 Å². The largest absolute Gasteiger partial charge is 0.291 e. The van der Waals surface area contributed by atoms with Gasteiger partial charge in [0.25, 0.3) is 11.7 Å². The zero-order valence-electron chi connectivity index (χ0n) is 13.8. The first-order valence-corrected chi connectivity index (χ1v) is 8.19. The molecule has 0 spiro atoms. The van der Waals surface area contributed by atoms with E-state index in [1.54, 1.807) is 30.3 Å². The summed E-state index contributed by atoms with van der Waals surface area (Å²) in [6, 6.07) is 15.3. The molecule has 1 aliphatic rings. The molecule has 24 heavy (non-hydrogen) atoms. The summed E-state index contributed by atoms with van der Waals surface area (Å²) in [4.78, 5) is 26.3. The lowest BCUT2D eigenvalue weighted by molar-refractivity contribution is -0.502. The first-order chi connectivity index (χ1) is 11.6. The topological polar surface area (TPSA) is 60.9 Å². The molecule has 0 fully saturated rings. The van der Waals surface area contributed by atoms with Gasteiger partial charge in [0, 0.05) is 22.1 Å². The average Bonchev–Trinajstić information content (AvgIpc) is 2.64. The number of ketones is 1. The van der Waals surface area contributed by atoms with Crippen molar-refractivity contribution in [1.82, 2.24) is 0 Å². The summed E-state index contributed by atoms with van der Waals surface area (Å²) in [5.41, 5.74) is 1.89. The van der Waals surface area contributed by atoms with E-state index in [0.29, 0.717) is 29.7 Å². The molecule has 0 aromatic heterocycles. The molecular weight excluding hydrogens is 300 g/mol. The van der Waals surface area contributed by atoms with Gasteiger partial charge in [-0.2, -0.15) is 5.26 Å². The third-order valence-electron chi connectivity index (χ3n) is 5.17. The van der Waals surface area contributed by atoms with Crippen LogP contribution in [0, 0.1) is 16.2 Å². The average molecular weight is 319 g/mol. The number of nitrogens with zero attached hydrogens (tertiary/aromatic N) is 2. The van der Waals surface area contributed by atoms with Gasteiger partial charge in [-0.15, -0.1) is 0 Å². The number of fused-ring (bicyclic) bond motifs is 1. The van der Waals surface area contributed by atoms with Crippen LogP contribution in [0.2, 0.25) is 0 Å². The van der Waals surface area contributed by atoms with Gasteiger partial charge in [0.05, 0.1) is 21.8 Å². The first-order valence-electron chi connectivity index (χ1n) is 8.19. The van der Waals surface area contributed by atoms with E-state index in [2.05, 4.69) is 6.07 Å². The lowest BCUT2D eigenvalue weighted by Gasteiger charge is -2.34. The Hall–Kier alpha value is -2.80. The van der Waals surface area contributed by atoms with Gasteiger partial charge in [0.2, 0.25) is 5.78 Å². The van der Waals surface area contributed by atoms with Crippen LogP contribution in [0.1, 0.15) is 49.4 Å². The number of para-hydroxylation sites is 1. The van der Waals surface area contributed by atoms with Gasteiger partial charge in [-0.25, -0.2) is 0 Å². The molecule has 0 N–H and O–H groups in total. The first kappa shape index (κ1) is 16.1. The number of Topliss-reactive ketones (excluding diaryl/α,β-unsaturated/α-hetero) is 1. The van der Waals surface area contributed by atoms with E-state index in [9.17, 15) is 9.70 Å². The SMILES string of the molecule is CCC1(CC)C(=O)C(c2ccc(C#N)cc2)[N+](=O)c2ccccc21. The van der Waals surface area contributed by atoms with Gasteiger partial charge in [-0.1, -0.05) is 44.2 Å². The normalized spacial score (nSPS) is 18.8. The molecule has 1 heterocycles. The lowest BCUT2D eigenvalue weighted by atomic mass is 9.67. The summed E-state index contributed by atoms with van der Waals surface area (Å²) < 4.78 is 0.822. The van der Waals surface area contributed by atoms with Crippen LogP contribution >= 0.6 is 0 Å². The van der Waals surface area contributed by atoms with Crippen molar-refractivity contribution in [3.8, 4) is 6.07 Å². The minimum absolute atomic E-state index is 0.0640. The second kappa shape index (κ2) is 6.01. The molecule has 0 saturated heterocycles. The molecule has 0 amide bonds. The Morgan fingerprint density at radius 3 is 2.29 bits per heavy atom. The predicted octanol–water partition coefficient (Wildman–Crippen LogP) is 4.35. The van der Waals surface area contributed by atoms with E-state index in [4.69, 9.17) is 5.26 Å². The quantitative estimate of drug-likeness (QED) is 0.790. The highest BCUT2D eigenvalue weighted by molar-refractivity contribution is 5.96. The number of nitriles is 1. The fraction of sp³-hybridized carbons (Fsp3) is 0.300. The molecule has 3 rings (SSSR count). The summed E-state index contributed by atoms with van der Waals surface area (Å²) in [5.74, 6) is -0.0640. The standard InChI is InChI=1S/C20H19N2O2/c1-3-20(4-2)16-7-5-6-8-17(16)22(24)18(19(20)23)15-11-9-14(13-21)10-12-15/h5-12,18H,3-4H2,1-2H3/q+1. The van der Waals surface area contributed by atoms with Gasteiger partial charge < -0.3 is 0 Å². The van der Waals surface area contributed by atoms with E-state index in [0.717, 1.165) is 10.3 Å². The maximum atomic E-state index is 13.3. The second-order valence-electron chi connectivity index (χ2n) is 6.13. The monoisotopic (exact) mass is 319 g/mol. The van der Waals surface area contributed by atoms with Gasteiger partial charge in [0.15, 0.2) is 0 Å². The Bertz CT molecular complexity index is 843. The summed E-state index contributed by atoms with van der Waals surface area (Å²) in [6.45, 7) is 3.99. The lowest BCUT2D eigenvalue weighted by Crippen LogP contribution is -2.45. The molecule has 120 valence electrons. The Morgan fingerprint density at radius 1 is 1.08 bits per heavy atom. The highest BCUT2D eigenvalue weighted by atomic mass is 16.3. The summed E-state index contributed by atoms with van der Waals surface area (Å²) in [5, 5.41) is 8.94. The molecule has 1 unspecified atom stereocenters. The van der Waals surface area contributed by atoms with E-state index < -0.39 is 11.5 Å². The number of hydrogen-bond acceptors (Lipinski definition) is 3. The van der Waals surface area contributed by atoms with Crippen molar-refractivity contribution >= 4 is 11.5 Å². The highest BCUT2D eigenvalue weighted by Crippen LogP contribution is 2.47. The molecule has 0 saturated carbocycles. The van der Waals surface area contributed by atoms with E-state index in [1.165, 1.54) is 0 Å². The van der Waals surface area contributed by atoms with Crippen molar-refractivity contribution in [2.75, 3.05) is 0 Å². The van der Waals surface area contributed by atoms with Gasteiger partial charge in [-0.05, 0) is 25.0 Å². The molecule has 2 aromatic rings. The van der Waals surface area contributed by atoms with Crippen LogP contribution in [-0.2, 0) is 10.2 Å². The fourth-order valence-corrected chi connectivity index (χ4v) is 3.72. The molecule has 4 heteroatoms. The van der Waals surface area contributed by atoms with Crippen LogP contribution in [0.15, 0.2) is 48.5 Å². The van der Waals surface area contributed by atoms with Crippen LogP contribution in [0.3, 0.4) is 0 Å². The van der Waals surface area contributed by atoms with E-state index in [1.807, 2.05) is 32.0 Å². The van der Waals surface area contributed by atoms with Crippen molar-refractivity contribution in [1.29, 1.82) is 5.26 Å². The zero-order valence-corrected chi connectivity index (χ0v) is 13.8. The van der Waals surface area contributed by atoms with Crippen LogP contribution in [-0.4, -0.2) is 10.5 Å². The summed E-state index contributed by atoms with van der Waals surface area (Å²) in [6.07, 6.45) is 1.31. The number of benzene rings is 2. The van der Waals surface area contributed by atoms with Crippen molar-refractivity contribution in [3.05, 3.63) is 70.1 Å². The molecular formula is C20H19N2O2+. The summed E-state index contributed by atoms with van der Waals surface area (Å²) >= 11 is 0. The number of nitroso groups, excluding NO2 is 1. The maximum Gasteiger partial charge on any atom is 0.291 e. The third-order valence-corrected chi connectivity index (χ3v) is 5.17. The molecule has 1 aliphatic heterocycles. The molecule has 1 atom stereocenters. The van der Waals surface area contributed by atoms with Crippen LogP contribution in [0.25, 0.3) is 0 Å². The molecule has 0 bridgehead atoms. The number of carbonyl (C=O) groups excluding carboxylic acids is 1. The molecule has 0 radical (unpaired) electrons. The molecule has 2 aromatic carbocycles. The Balaban J connectivity index is 2.20. The smallest absolute Gasteiger partial charge is 0.291 e. The van der Waals surface area contributed by atoms with E-state index in [-0.39, 0.29) is 5.78 Å². The number of hydrogen-bond donors (Lipinski definition) is 0. The third kappa shape index (κ3) is 2.16. The Morgan fingerprint density at radius 2 is 1.71 bits per heavy atom. The predicted molar refractivity (Wildman–Crippen MR) is 90.9 cm³/mol. The van der Waals surface area contributed by atoms with Crippen molar-refractivity contribution < 1.29 is 9.55 Å². The Labute approximate surface area is 141 Å². The van der Waals surface area contributed by atoms with Crippen molar-refractivity contribution in [3.63, 3.8) is 0 Å². The van der Waals surface area contributed by atoms with Gasteiger partial charge >= 0.3 is 0 Å². The van der Waals surface area contributed by atoms with Crippen molar-refractivity contribution in [2.24, 2.45) is 0 Å². The van der Waals surface area contributed by atoms with E-state index >= 15 is 0 Å². The zero-order chi connectivity index (χ0) is 17.3.